The van der Waals surface area contributed by atoms with Crippen molar-refractivity contribution in [2.75, 3.05) is 29.9 Å². The molecular formula is C23H25F3N6O3. The fourth-order valence-electron chi connectivity index (χ4n) is 5.26. The Morgan fingerprint density at radius 3 is 2.49 bits per heavy atom. The SMILES string of the molecule is CC(=O)N1CC2CC(C1)C(=O)N(c1cnn3c1CN(C(=O)Nc1cc(F)c(F)c(F)c1)[C@H](C)C3)C2. The van der Waals surface area contributed by atoms with Gasteiger partial charge in [-0.2, -0.15) is 5.10 Å². The molecular weight excluding hydrogens is 465 g/mol. The highest BCUT2D eigenvalue weighted by atomic mass is 19.2. The molecule has 5 rings (SSSR count). The first-order valence-electron chi connectivity index (χ1n) is 11.5. The maximum Gasteiger partial charge on any atom is 0.322 e. The summed E-state index contributed by atoms with van der Waals surface area (Å²) in [6.45, 7) is 5.23. The van der Waals surface area contributed by atoms with E-state index in [1.54, 1.807) is 20.7 Å². The Morgan fingerprint density at radius 1 is 1.09 bits per heavy atom. The molecule has 0 radical (unpaired) electrons. The minimum atomic E-state index is -1.61. The number of hydrogen-bond donors (Lipinski definition) is 1. The molecule has 3 aliphatic heterocycles. The van der Waals surface area contributed by atoms with Gasteiger partial charge in [-0.25, -0.2) is 18.0 Å². The highest BCUT2D eigenvalue weighted by molar-refractivity contribution is 5.97. The lowest BCUT2D eigenvalue weighted by Crippen LogP contribution is -2.57. The number of amides is 4. The van der Waals surface area contributed by atoms with Crippen molar-refractivity contribution < 1.29 is 27.6 Å². The molecule has 2 aromatic rings. The van der Waals surface area contributed by atoms with Crippen LogP contribution in [0, 0.1) is 29.3 Å². The van der Waals surface area contributed by atoms with Crippen LogP contribution in [0.4, 0.5) is 29.3 Å². The largest absolute Gasteiger partial charge is 0.342 e. The molecule has 1 aromatic carbocycles. The molecule has 4 heterocycles. The molecule has 2 bridgehead atoms. The highest BCUT2D eigenvalue weighted by Gasteiger charge is 2.43. The number of nitrogens with one attached hydrogen (secondary N) is 1. The molecule has 9 nitrogen and oxygen atoms in total. The summed E-state index contributed by atoms with van der Waals surface area (Å²) in [5.41, 5.74) is 1.09. The van der Waals surface area contributed by atoms with Crippen molar-refractivity contribution >= 4 is 29.2 Å². The van der Waals surface area contributed by atoms with Gasteiger partial charge in [0.05, 0.1) is 42.6 Å². The van der Waals surface area contributed by atoms with E-state index >= 15 is 0 Å². The van der Waals surface area contributed by atoms with Crippen LogP contribution in [0.3, 0.4) is 0 Å². The van der Waals surface area contributed by atoms with Crippen LogP contribution in [-0.2, 0) is 22.7 Å². The predicted molar refractivity (Wildman–Crippen MR) is 119 cm³/mol. The lowest BCUT2D eigenvalue weighted by Gasteiger charge is -2.45. The van der Waals surface area contributed by atoms with E-state index in [1.807, 2.05) is 6.92 Å². The summed E-state index contributed by atoms with van der Waals surface area (Å²) in [5.74, 6) is -4.65. The first-order chi connectivity index (χ1) is 16.6. The predicted octanol–water partition coefficient (Wildman–Crippen LogP) is 2.57. The Morgan fingerprint density at radius 2 is 1.80 bits per heavy atom. The molecule has 1 N–H and O–H groups in total. The topological polar surface area (TPSA) is 90.8 Å². The fourth-order valence-corrected chi connectivity index (χ4v) is 5.26. The maximum atomic E-state index is 13.6. The van der Waals surface area contributed by atoms with Gasteiger partial charge >= 0.3 is 6.03 Å². The van der Waals surface area contributed by atoms with Gasteiger partial charge in [-0.3, -0.25) is 14.3 Å². The van der Waals surface area contributed by atoms with Gasteiger partial charge in [-0.05, 0) is 19.3 Å². The van der Waals surface area contributed by atoms with Gasteiger partial charge in [0.15, 0.2) is 17.5 Å². The van der Waals surface area contributed by atoms with Gasteiger partial charge in [-0.15, -0.1) is 0 Å². The summed E-state index contributed by atoms with van der Waals surface area (Å²) in [5, 5.41) is 6.85. The van der Waals surface area contributed by atoms with Crippen molar-refractivity contribution in [2.24, 2.45) is 11.8 Å². The minimum Gasteiger partial charge on any atom is -0.342 e. The Labute approximate surface area is 199 Å². The number of hydrogen-bond acceptors (Lipinski definition) is 4. The quantitative estimate of drug-likeness (QED) is 0.656. The van der Waals surface area contributed by atoms with Crippen LogP contribution in [0.15, 0.2) is 18.3 Å². The number of aromatic nitrogens is 2. The Kier molecular flexibility index (Phi) is 5.68. The molecule has 1 aromatic heterocycles. The van der Waals surface area contributed by atoms with Gasteiger partial charge in [0, 0.05) is 44.4 Å². The third kappa shape index (κ3) is 4.10. The number of carbonyl (C=O) groups is 3. The van der Waals surface area contributed by atoms with Crippen molar-refractivity contribution in [1.82, 2.24) is 19.6 Å². The Hall–Kier alpha value is -3.57. The van der Waals surface area contributed by atoms with Crippen LogP contribution < -0.4 is 10.2 Å². The minimum absolute atomic E-state index is 0.0413. The summed E-state index contributed by atoms with van der Waals surface area (Å²) >= 11 is 0. The average Bonchev–Trinajstić information content (AvgIpc) is 3.21. The van der Waals surface area contributed by atoms with E-state index in [-0.39, 0.29) is 41.9 Å². The molecule has 2 unspecified atom stereocenters. The number of rotatable bonds is 2. The molecule has 2 fully saturated rings. The van der Waals surface area contributed by atoms with Gasteiger partial charge in [-0.1, -0.05) is 0 Å². The number of fused-ring (bicyclic) bond motifs is 3. The van der Waals surface area contributed by atoms with Crippen LogP contribution >= 0.6 is 0 Å². The number of piperidine rings is 2. The normalized spacial score (nSPS) is 23.9. The molecule has 35 heavy (non-hydrogen) atoms. The standard InChI is InChI=1S/C23H25F3N6O3/c1-12-7-32-20(11-30(12)23(35)28-16-4-17(24)21(26)18(25)5-16)19(6-27-32)31-9-14-3-15(22(31)34)10-29(8-14)13(2)33/h4-6,12,14-15H,3,7-11H2,1-2H3,(H,28,35)/t12-,14?,15?/m1/s1. The number of likely N-dealkylation sites (tertiary alicyclic amines) is 1. The third-order valence-electron chi connectivity index (χ3n) is 7.04. The van der Waals surface area contributed by atoms with Crippen LogP contribution in [0.1, 0.15) is 26.0 Å². The number of anilines is 2. The maximum absolute atomic E-state index is 13.6. The number of carbonyl (C=O) groups excluding carboxylic acids is 3. The molecule has 2 saturated heterocycles. The van der Waals surface area contributed by atoms with E-state index < -0.39 is 23.5 Å². The first kappa shape index (κ1) is 23.2. The number of halogens is 3. The van der Waals surface area contributed by atoms with Crippen molar-refractivity contribution in [3.8, 4) is 0 Å². The average molecular weight is 490 g/mol. The lowest BCUT2D eigenvalue weighted by molar-refractivity contribution is -0.136. The zero-order valence-corrected chi connectivity index (χ0v) is 19.3. The van der Waals surface area contributed by atoms with Crippen molar-refractivity contribution in [2.45, 2.75) is 39.4 Å². The van der Waals surface area contributed by atoms with E-state index in [9.17, 15) is 27.6 Å². The molecule has 12 heteroatoms. The number of benzene rings is 1. The smallest absolute Gasteiger partial charge is 0.322 e. The first-order valence-corrected chi connectivity index (χ1v) is 11.5. The monoisotopic (exact) mass is 490 g/mol. The van der Waals surface area contributed by atoms with Gasteiger partial charge in [0.1, 0.15) is 0 Å². The third-order valence-corrected chi connectivity index (χ3v) is 7.04. The molecule has 186 valence electrons. The van der Waals surface area contributed by atoms with E-state index in [0.717, 1.165) is 18.6 Å². The Balaban J connectivity index is 1.36. The van der Waals surface area contributed by atoms with Crippen molar-refractivity contribution in [3.63, 3.8) is 0 Å². The molecule has 0 spiro atoms. The second-order valence-electron chi connectivity index (χ2n) is 9.49. The molecule has 3 aliphatic rings. The number of urea groups is 1. The fraction of sp³-hybridized carbons (Fsp3) is 0.478. The van der Waals surface area contributed by atoms with E-state index in [0.29, 0.717) is 37.6 Å². The molecule has 0 aliphatic carbocycles. The summed E-state index contributed by atoms with van der Waals surface area (Å²) in [6.07, 6.45) is 2.36. The summed E-state index contributed by atoms with van der Waals surface area (Å²) < 4.78 is 42.2. The van der Waals surface area contributed by atoms with Crippen LogP contribution in [0.2, 0.25) is 0 Å². The summed E-state index contributed by atoms with van der Waals surface area (Å²) in [7, 11) is 0. The molecule has 3 atom stereocenters. The van der Waals surface area contributed by atoms with Gasteiger partial charge < -0.3 is 20.0 Å². The van der Waals surface area contributed by atoms with Crippen LogP contribution in [0.25, 0.3) is 0 Å². The van der Waals surface area contributed by atoms with Gasteiger partial charge in [0.2, 0.25) is 11.8 Å². The summed E-state index contributed by atoms with van der Waals surface area (Å²) in [4.78, 5) is 42.9. The van der Waals surface area contributed by atoms with E-state index in [4.69, 9.17) is 0 Å². The van der Waals surface area contributed by atoms with Gasteiger partial charge in [0.25, 0.3) is 0 Å². The van der Waals surface area contributed by atoms with Crippen LogP contribution in [0.5, 0.6) is 0 Å². The molecule has 0 saturated carbocycles. The second-order valence-corrected chi connectivity index (χ2v) is 9.49. The number of nitrogens with zero attached hydrogens (tertiary/aromatic N) is 5. The highest BCUT2D eigenvalue weighted by Crippen LogP contribution is 2.35. The Bertz CT molecular complexity index is 1190. The molecule has 4 amide bonds. The van der Waals surface area contributed by atoms with Crippen molar-refractivity contribution in [1.29, 1.82) is 0 Å². The summed E-state index contributed by atoms with van der Waals surface area (Å²) in [6, 6.07) is 0.526. The van der Waals surface area contributed by atoms with E-state index in [2.05, 4.69) is 10.4 Å². The van der Waals surface area contributed by atoms with Crippen LogP contribution in [-0.4, -0.2) is 63.1 Å². The zero-order valence-electron chi connectivity index (χ0n) is 19.3. The lowest BCUT2D eigenvalue weighted by atomic mass is 9.83. The van der Waals surface area contributed by atoms with E-state index in [1.165, 1.54) is 11.8 Å². The zero-order chi connectivity index (χ0) is 25.0. The van der Waals surface area contributed by atoms with Crippen molar-refractivity contribution in [3.05, 3.63) is 41.5 Å². The second kappa shape index (κ2) is 8.58.